The molecule has 0 bridgehead atoms. The molecule has 0 atom stereocenters. The lowest BCUT2D eigenvalue weighted by molar-refractivity contribution is -0.147. The lowest BCUT2D eigenvalue weighted by atomic mass is 10.1. The molecule has 0 aliphatic heterocycles. The Morgan fingerprint density at radius 1 is 0.630 bits per heavy atom. The van der Waals surface area contributed by atoms with E-state index >= 15 is 0 Å². The predicted octanol–water partition coefficient (Wildman–Crippen LogP) is 7.18. The van der Waals surface area contributed by atoms with Crippen LogP contribution in [0.1, 0.15) is 117 Å². The van der Waals surface area contributed by atoms with Crippen molar-refractivity contribution in [3.63, 3.8) is 0 Å². The molecule has 3 heteroatoms. The highest BCUT2D eigenvalue weighted by molar-refractivity contribution is 4.80. The molecule has 0 amide bonds. The van der Waals surface area contributed by atoms with Crippen molar-refractivity contribution in [3.8, 4) is 0 Å². The van der Waals surface area contributed by atoms with Crippen LogP contribution in [0.15, 0.2) is 12.2 Å². The van der Waals surface area contributed by atoms with Crippen LogP contribution in [0.25, 0.3) is 0 Å². The summed E-state index contributed by atoms with van der Waals surface area (Å²) in [5, 5.41) is 8.69. The third-order valence-electron chi connectivity index (χ3n) is 4.88. The van der Waals surface area contributed by atoms with Crippen LogP contribution < -0.4 is 0 Å². The van der Waals surface area contributed by atoms with Gasteiger partial charge in [-0.1, -0.05) is 83.8 Å². The van der Waals surface area contributed by atoms with Crippen LogP contribution in [0.5, 0.6) is 0 Å². The maximum Gasteiger partial charge on any atom is 0.157 e. The Labute approximate surface area is 169 Å². The van der Waals surface area contributed by atoms with Crippen LogP contribution >= 0.6 is 0 Å². The zero-order valence-electron chi connectivity index (χ0n) is 18.4. The number of aliphatic hydroxyl groups excluding tert-OH is 1. The normalized spacial score (nSPS) is 11.9. The van der Waals surface area contributed by atoms with Gasteiger partial charge in [0, 0.05) is 19.8 Å². The van der Waals surface area contributed by atoms with Crippen molar-refractivity contribution in [2.45, 2.75) is 123 Å². The third-order valence-corrected chi connectivity index (χ3v) is 4.88. The average molecular weight is 385 g/mol. The molecule has 0 rings (SSSR count). The maximum absolute atomic E-state index is 8.69. The molecule has 0 saturated heterocycles. The second-order valence-corrected chi connectivity index (χ2v) is 7.62. The average Bonchev–Trinajstić information content (AvgIpc) is 2.68. The van der Waals surface area contributed by atoms with Gasteiger partial charge >= 0.3 is 0 Å². The van der Waals surface area contributed by atoms with Gasteiger partial charge in [0.05, 0.1) is 0 Å². The van der Waals surface area contributed by atoms with Gasteiger partial charge in [0.1, 0.15) is 0 Å². The first-order valence-electron chi connectivity index (χ1n) is 11.8. The summed E-state index contributed by atoms with van der Waals surface area (Å²) in [5.41, 5.74) is 0. The van der Waals surface area contributed by atoms with Gasteiger partial charge in [0.2, 0.25) is 0 Å². The Bertz CT molecular complexity index is 281. The number of rotatable bonds is 22. The van der Waals surface area contributed by atoms with Gasteiger partial charge in [-0.2, -0.15) is 0 Å². The van der Waals surface area contributed by atoms with Crippen molar-refractivity contribution in [2.75, 3.05) is 19.8 Å². The lowest BCUT2D eigenvalue weighted by Gasteiger charge is -2.18. The second-order valence-electron chi connectivity index (χ2n) is 7.62. The summed E-state index contributed by atoms with van der Waals surface area (Å²) in [6.45, 7) is 6.35. The quantitative estimate of drug-likeness (QED) is 0.122. The minimum Gasteiger partial charge on any atom is -0.396 e. The van der Waals surface area contributed by atoms with Crippen LogP contribution in [-0.4, -0.2) is 31.2 Å². The molecule has 0 spiro atoms. The predicted molar refractivity (Wildman–Crippen MR) is 117 cm³/mol. The molecular formula is C24H48O3. The zero-order valence-corrected chi connectivity index (χ0v) is 18.4. The summed E-state index contributed by atoms with van der Waals surface area (Å²) in [6, 6.07) is 0. The Balaban J connectivity index is 3.44. The highest BCUT2D eigenvalue weighted by Gasteiger charge is 2.08. The molecule has 0 saturated carbocycles. The first-order chi connectivity index (χ1) is 13.3. The molecule has 162 valence electrons. The molecule has 0 radical (unpaired) electrons. The SMILES string of the molecule is CCCCOC(CCCCCCCCCCC/C=C\CCO)OCCCC. The van der Waals surface area contributed by atoms with E-state index in [2.05, 4.69) is 26.0 Å². The summed E-state index contributed by atoms with van der Waals surface area (Å²) in [7, 11) is 0. The molecule has 0 aromatic heterocycles. The lowest BCUT2D eigenvalue weighted by Crippen LogP contribution is -2.18. The van der Waals surface area contributed by atoms with E-state index in [1.807, 2.05) is 0 Å². The van der Waals surface area contributed by atoms with Crippen molar-refractivity contribution in [3.05, 3.63) is 12.2 Å². The number of allylic oxidation sites excluding steroid dienone is 1. The molecule has 27 heavy (non-hydrogen) atoms. The third kappa shape index (κ3) is 21.8. The molecule has 0 fully saturated rings. The van der Waals surface area contributed by atoms with Gasteiger partial charge in [0.15, 0.2) is 6.29 Å². The van der Waals surface area contributed by atoms with Gasteiger partial charge in [-0.25, -0.2) is 0 Å². The molecule has 1 N–H and O–H groups in total. The largest absolute Gasteiger partial charge is 0.396 e. The molecule has 0 unspecified atom stereocenters. The van der Waals surface area contributed by atoms with Crippen LogP contribution in [-0.2, 0) is 9.47 Å². The van der Waals surface area contributed by atoms with Crippen molar-refractivity contribution in [2.24, 2.45) is 0 Å². The minimum atomic E-state index is 0.0227. The summed E-state index contributed by atoms with van der Waals surface area (Å²) in [5.74, 6) is 0. The van der Waals surface area contributed by atoms with E-state index in [-0.39, 0.29) is 12.9 Å². The van der Waals surface area contributed by atoms with Crippen LogP contribution in [0.2, 0.25) is 0 Å². The fourth-order valence-electron chi connectivity index (χ4n) is 3.05. The van der Waals surface area contributed by atoms with E-state index < -0.39 is 0 Å². The van der Waals surface area contributed by atoms with E-state index in [1.54, 1.807) is 0 Å². The fraction of sp³-hybridized carbons (Fsp3) is 0.917. The topological polar surface area (TPSA) is 38.7 Å². The second kappa shape index (κ2) is 23.7. The first-order valence-corrected chi connectivity index (χ1v) is 11.8. The van der Waals surface area contributed by atoms with Crippen LogP contribution in [0, 0.1) is 0 Å². The number of unbranched alkanes of at least 4 members (excludes halogenated alkanes) is 11. The van der Waals surface area contributed by atoms with Gasteiger partial charge in [0.25, 0.3) is 0 Å². The summed E-state index contributed by atoms with van der Waals surface area (Å²) < 4.78 is 11.8. The Hall–Kier alpha value is -0.380. The monoisotopic (exact) mass is 384 g/mol. The van der Waals surface area contributed by atoms with Crippen LogP contribution in [0.3, 0.4) is 0 Å². The van der Waals surface area contributed by atoms with Crippen molar-refractivity contribution >= 4 is 0 Å². The highest BCUT2D eigenvalue weighted by Crippen LogP contribution is 2.14. The minimum absolute atomic E-state index is 0.0227. The molecule has 0 aliphatic carbocycles. The molecule has 0 heterocycles. The smallest absolute Gasteiger partial charge is 0.157 e. The maximum atomic E-state index is 8.69. The van der Waals surface area contributed by atoms with E-state index in [0.717, 1.165) is 38.9 Å². The summed E-state index contributed by atoms with van der Waals surface area (Å²) in [4.78, 5) is 0. The van der Waals surface area contributed by atoms with Crippen molar-refractivity contribution < 1.29 is 14.6 Å². The van der Waals surface area contributed by atoms with Gasteiger partial charge in [-0.05, 0) is 44.9 Å². The number of ether oxygens (including phenoxy) is 2. The van der Waals surface area contributed by atoms with Crippen molar-refractivity contribution in [1.82, 2.24) is 0 Å². The highest BCUT2D eigenvalue weighted by atomic mass is 16.7. The Morgan fingerprint density at radius 3 is 1.63 bits per heavy atom. The van der Waals surface area contributed by atoms with E-state index in [1.165, 1.54) is 77.0 Å². The van der Waals surface area contributed by atoms with Gasteiger partial charge in [-0.15, -0.1) is 0 Å². The molecular weight excluding hydrogens is 336 g/mol. The molecule has 0 aliphatic rings. The number of aliphatic hydroxyl groups is 1. The van der Waals surface area contributed by atoms with Crippen LogP contribution in [0.4, 0.5) is 0 Å². The van der Waals surface area contributed by atoms with E-state index in [9.17, 15) is 0 Å². The Morgan fingerprint density at radius 2 is 1.11 bits per heavy atom. The molecule has 0 aromatic carbocycles. The number of hydrogen-bond donors (Lipinski definition) is 1. The fourth-order valence-corrected chi connectivity index (χ4v) is 3.05. The Kier molecular flexibility index (Phi) is 23.3. The molecule has 0 aromatic rings. The standard InChI is InChI=1S/C24H48O3/c1-3-5-22-26-24(27-23-6-4-2)20-18-16-14-12-10-8-7-9-11-13-15-17-19-21-25/h15,17,24-25H,3-14,16,18-23H2,1-2H3/b17-15-. The van der Waals surface area contributed by atoms with Gasteiger partial charge < -0.3 is 14.6 Å². The summed E-state index contributed by atoms with van der Waals surface area (Å²) >= 11 is 0. The first kappa shape index (κ1) is 26.6. The zero-order chi connectivity index (χ0) is 19.8. The van der Waals surface area contributed by atoms with Gasteiger partial charge in [-0.3, -0.25) is 0 Å². The number of hydrogen-bond acceptors (Lipinski definition) is 3. The van der Waals surface area contributed by atoms with E-state index in [4.69, 9.17) is 14.6 Å². The summed E-state index contributed by atoms with van der Waals surface area (Å²) in [6.07, 6.45) is 24.0. The van der Waals surface area contributed by atoms with E-state index in [0.29, 0.717) is 0 Å². The van der Waals surface area contributed by atoms with Crippen molar-refractivity contribution in [1.29, 1.82) is 0 Å². The molecule has 3 nitrogen and oxygen atoms in total.